The smallest absolute Gasteiger partial charge is 0.0441 e. The number of rotatable bonds is 8. The molecule has 1 nitrogen and oxygen atoms in total. The van der Waals surface area contributed by atoms with Crippen LogP contribution in [0.5, 0.6) is 0 Å². The first-order valence-corrected chi connectivity index (χ1v) is 7.52. The van der Waals surface area contributed by atoms with Crippen LogP contribution in [-0.2, 0) is 6.42 Å². The first kappa shape index (κ1) is 15.5. The van der Waals surface area contributed by atoms with E-state index in [4.69, 9.17) is 17.3 Å². The fourth-order valence-electron chi connectivity index (χ4n) is 2.21. The molecule has 1 aromatic rings. The molecule has 0 amide bonds. The third kappa shape index (κ3) is 5.88. The van der Waals surface area contributed by atoms with Crippen LogP contribution in [0.1, 0.15) is 56.6 Å². The van der Waals surface area contributed by atoms with Gasteiger partial charge in [0.2, 0.25) is 0 Å². The minimum Gasteiger partial charge on any atom is -0.327 e. The highest BCUT2D eigenvalue weighted by molar-refractivity contribution is 6.31. The molecule has 1 unspecified atom stereocenters. The van der Waals surface area contributed by atoms with Crippen LogP contribution in [0.4, 0.5) is 0 Å². The Balaban J connectivity index is 2.28. The maximum absolute atomic E-state index is 6.22. The van der Waals surface area contributed by atoms with Gasteiger partial charge >= 0.3 is 0 Å². The lowest BCUT2D eigenvalue weighted by molar-refractivity contribution is 0.538. The molecule has 1 atom stereocenters. The highest BCUT2D eigenvalue weighted by atomic mass is 35.5. The highest BCUT2D eigenvalue weighted by Crippen LogP contribution is 2.20. The molecule has 2 N–H and O–H groups in total. The van der Waals surface area contributed by atoms with Gasteiger partial charge in [-0.1, -0.05) is 62.8 Å². The summed E-state index contributed by atoms with van der Waals surface area (Å²) < 4.78 is 0. The van der Waals surface area contributed by atoms with Crippen molar-refractivity contribution in [1.29, 1.82) is 0 Å². The Bertz CT molecular complexity index is 349. The molecule has 0 saturated carbocycles. The molecule has 18 heavy (non-hydrogen) atoms. The van der Waals surface area contributed by atoms with E-state index in [1.165, 1.54) is 43.2 Å². The maximum atomic E-state index is 6.22. The molecule has 0 radical (unpaired) electrons. The average molecular weight is 268 g/mol. The molecule has 0 aliphatic heterocycles. The Morgan fingerprint density at radius 3 is 2.56 bits per heavy atom. The number of hydrogen-bond donors (Lipinski definition) is 1. The average Bonchev–Trinajstić information content (AvgIpc) is 2.32. The molecule has 0 aliphatic carbocycles. The van der Waals surface area contributed by atoms with Gasteiger partial charge in [0.1, 0.15) is 0 Å². The molecule has 1 rings (SSSR count). The van der Waals surface area contributed by atoms with Gasteiger partial charge in [-0.3, -0.25) is 0 Å². The van der Waals surface area contributed by atoms with Gasteiger partial charge in [0.25, 0.3) is 0 Å². The summed E-state index contributed by atoms with van der Waals surface area (Å²) in [6.45, 7) is 4.30. The maximum Gasteiger partial charge on any atom is 0.0441 e. The number of nitrogens with two attached hydrogens (primary N) is 1. The zero-order valence-electron chi connectivity index (χ0n) is 11.7. The van der Waals surface area contributed by atoms with Crippen LogP contribution in [0, 0.1) is 6.92 Å². The van der Waals surface area contributed by atoms with Gasteiger partial charge in [-0.25, -0.2) is 0 Å². The van der Waals surface area contributed by atoms with Crippen molar-refractivity contribution in [3.05, 3.63) is 34.3 Å². The number of aryl methyl sites for hydroxylation is 1. The second-order valence-electron chi connectivity index (χ2n) is 5.26. The topological polar surface area (TPSA) is 26.0 Å². The standard InChI is InChI=1S/C16H26ClN/c1-3-4-5-6-7-8-15(18)12-14-10-9-13(2)11-16(14)17/h9-11,15H,3-8,12,18H2,1-2H3. The second kappa shape index (κ2) is 8.55. The van der Waals surface area contributed by atoms with Crippen LogP contribution in [0.25, 0.3) is 0 Å². The summed E-state index contributed by atoms with van der Waals surface area (Å²) in [4.78, 5) is 0. The van der Waals surface area contributed by atoms with E-state index in [2.05, 4.69) is 26.0 Å². The summed E-state index contributed by atoms with van der Waals surface area (Å²) in [5.74, 6) is 0. The number of unbranched alkanes of at least 4 members (excludes halogenated alkanes) is 4. The quantitative estimate of drug-likeness (QED) is 0.668. The van der Waals surface area contributed by atoms with E-state index in [0.29, 0.717) is 0 Å². The van der Waals surface area contributed by atoms with Crippen molar-refractivity contribution in [3.8, 4) is 0 Å². The largest absolute Gasteiger partial charge is 0.327 e. The summed E-state index contributed by atoms with van der Waals surface area (Å²) in [6, 6.07) is 6.47. The first-order chi connectivity index (χ1) is 8.63. The van der Waals surface area contributed by atoms with Crippen molar-refractivity contribution in [3.63, 3.8) is 0 Å². The third-order valence-electron chi connectivity index (χ3n) is 3.37. The van der Waals surface area contributed by atoms with Crippen LogP contribution in [0.15, 0.2) is 18.2 Å². The van der Waals surface area contributed by atoms with Gasteiger partial charge in [0.05, 0.1) is 0 Å². The normalized spacial score (nSPS) is 12.7. The molecular formula is C16H26ClN. The Morgan fingerprint density at radius 2 is 1.89 bits per heavy atom. The van der Waals surface area contributed by atoms with Gasteiger partial charge in [-0.05, 0) is 37.0 Å². The molecule has 1 aromatic carbocycles. The predicted octanol–water partition coefficient (Wildman–Crippen LogP) is 4.88. The van der Waals surface area contributed by atoms with E-state index in [-0.39, 0.29) is 6.04 Å². The van der Waals surface area contributed by atoms with Crippen molar-refractivity contribution in [2.45, 2.75) is 64.8 Å². The zero-order chi connectivity index (χ0) is 13.4. The fourth-order valence-corrected chi connectivity index (χ4v) is 2.52. The number of halogens is 1. The Kier molecular flexibility index (Phi) is 7.38. The summed E-state index contributed by atoms with van der Waals surface area (Å²) in [5.41, 5.74) is 8.56. The first-order valence-electron chi connectivity index (χ1n) is 7.14. The fraction of sp³-hybridized carbons (Fsp3) is 0.625. The molecule has 0 spiro atoms. The molecule has 102 valence electrons. The molecule has 0 heterocycles. The Morgan fingerprint density at radius 1 is 1.17 bits per heavy atom. The van der Waals surface area contributed by atoms with Crippen LogP contribution in [0.3, 0.4) is 0 Å². The lowest BCUT2D eigenvalue weighted by atomic mass is 10.00. The molecule has 0 aliphatic rings. The molecule has 0 bridgehead atoms. The van der Waals surface area contributed by atoms with Gasteiger partial charge in [-0.2, -0.15) is 0 Å². The minimum absolute atomic E-state index is 0.242. The van der Waals surface area contributed by atoms with Gasteiger partial charge in [0.15, 0.2) is 0 Å². The van der Waals surface area contributed by atoms with Crippen molar-refractivity contribution in [1.82, 2.24) is 0 Å². The molecule has 0 fully saturated rings. The number of benzene rings is 1. The van der Waals surface area contributed by atoms with E-state index >= 15 is 0 Å². The summed E-state index contributed by atoms with van der Waals surface area (Å²) in [7, 11) is 0. The summed E-state index contributed by atoms with van der Waals surface area (Å²) in [6.07, 6.45) is 8.53. The molecule has 0 saturated heterocycles. The van der Waals surface area contributed by atoms with Crippen molar-refractivity contribution >= 4 is 11.6 Å². The van der Waals surface area contributed by atoms with Gasteiger partial charge < -0.3 is 5.73 Å². The van der Waals surface area contributed by atoms with Crippen molar-refractivity contribution < 1.29 is 0 Å². The van der Waals surface area contributed by atoms with Gasteiger partial charge in [-0.15, -0.1) is 0 Å². The lowest BCUT2D eigenvalue weighted by Crippen LogP contribution is -2.22. The Labute approximate surface area is 117 Å². The second-order valence-corrected chi connectivity index (χ2v) is 5.67. The van der Waals surface area contributed by atoms with E-state index in [0.717, 1.165) is 17.9 Å². The van der Waals surface area contributed by atoms with E-state index < -0.39 is 0 Å². The van der Waals surface area contributed by atoms with Crippen molar-refractivity contribution in [2.75, 3.05) is 0 Å². The van der Waals surface area contributed by atoms with Crippen LogP contribution in [0.2, 0.25) is 5.02 Å². The van der Waals surface area contributed by atoms with E-state index in [9.17, 15) is 0 Å². The van der Waals surface area contributed by atoms with E-state index in [1.54, 1.807) is 0 Å². The molecule has 2 heteroatoms. The Hall–Kier alpha value is -0.530. The molecule has 0 aromatic heterocycles. The lowest BCUT2D eigenvalue weighted by Gasteiger charge is -2.13. The van der Waals surface area contributed by atoms with E-state index in [1.807, 2.05) is 6.07 Å². The predicted molar refractivity (Wildman–Crippen MR) is 81.2 cm³/mol. The van der Waals surface area contributed by atoms with Crippen molar-refractivity contribution in [2.24, 2.45) is 5.73 Å². The summed E-state index contributed by atoms with van der Waals surface area (Å²) >= 11 is 6.22. The third-order valence-corrected chi connectivity index (χ3v) is 3.72. The van der Waals surface area contributed by atoms with Crippen LogP contribution in [-0.4, -0.2) is 6.04 Å². The zero-order valence-corrected chi connectivity index (χ0v) is 12.5. The highest BCUT2D eigenvalue weighted by Gasteiger charge is 2.07. The number of hydrogen-bond acceptors (Lipinski definition) is 1. The van der Waals surface area contributed by atoms with Crippen LogP contribution >= 0.6 is 11.6 Å². The summed E-state index contributed by atoms with van der Waals surface area (Å²) in [5, 5.41) is 0.858. The van der Waals surface area contributed by atoms with Gasteiger partial charge in [0, 0.05) is 11.1 Å². The SMILES string of the molecule is CCCCCCCC(N)Cc1ccc(C)cc1Cl. The van der Waals surface area contributed by atoms with Crippen LogP contribution < -0.4 is 5.73 Å². The molecular weight excluding hydrogens is 242 g/mol. The minimum atomic E-state index is 0.242. The monoisotopic (exact) mass is 267 g/mol.